The van der Waals surface area contributed by atoms with E-state index in [1.807, 2.05) is 6.07 Å². The van der Waals surface area contributed by atoms with E-state index in [0.717, 1.165) is 17.3 Å². The summed E-state index contributed by atoms with van der Waals surface area (Å²) >= 11 is 13.5. The first-order chi connectivity index (χ1) is 14.9. The van der Waals surface area contributed by atoms with E-state index >= 15 is 0 Å². The molecule has 8 nitrogen and oxygen atoms in total. The summed E-state index contributed by atoms with van der Waals surface area (Å²) in [7, 11) is 1.54. The fourth-order valence-electron chi connectivity index (χ4n) is 2.73. The van der Waals surface area contributed by atoms with Crippen molar-refractivity contribution in [1.29, 1.82) is 0 Å². The number of halogens is 2. The first-order valence-corrected chi connectivity index (χ1v) is 10.9. The third-order valence-electron chi connectivity index (χ3n) is 4.02. The third-order valence-corrected chi connectivity index (χ3v) is 5.42. The Hall–Kier alpha value is -2.75. The first kappa shape index (κ1) is 22.9. The average Bonchev–Trinajstić information content (AvgIpc) is 3.16. The van der Waals surface area contributed by atoms with Crippen LogP contribution in [-0.2, 0) is 4.79 Å². The molecular formula is C20H19Cl2N5O3S. The van der Waals surface area contributed by atoms with Gasteiger partial charge in [-0.25, -0.2) is 4.79 Å². The highest BCUT2D eigenvalue weighted by Gasteiger charge is 2.21. The molecule has 3 amide bonds. The Morgan fingerprint density at radius 1 is 1.13 bits per heavy atom. The summed E-state index contributed by atoms with van der Waals surface area (Å²) in [4.78, 5) is 23.7. The van der Waals surface area contributed by atoms with Crippen molar-refractivity contribution in [3.63, 3.8) is 0 Å². The van der Waals surface area contributed by atoms with Crippen LogP contribution in [0.25, 0.3) is 17.1 Å². The van der Waals surface area contributed by atoms with Crippen molar-refractivity contribution in [1.82, 2.24) is 25.4 Å². The van der Waals surface area contributed by atoms with Gasteiger partial charge in [-0.1, -0.05) is 47.1 Å². The summed E-state index contributed by atoms with van der Waals surface area (Å²) in [6.45, 7) is 2.18. The lowest BCUT2D eigenvalue weighted by Crippen LogP contribution is -2.40. The van der Waals surface area contributed by atoms with E-state index in [1.54, 1.807) is 55.0 Å². The quantitative estimate of drug-likeness (QED) is 0.493. The number of methoxy groups -OCH3 is 1. The van der Waals surface area contributed by atoms with Crippen LogP contribution in [-0.4, -0.2) is 46.1 Å². The topological polar surface area (TPSA) is 98.1 Å². The molecule has 0 aliphatic carbocycles. The molecule has 0 spiro atoms. The second-order valence-electron chi connectivity index (χ2n) is 6.16. The molecule has 162 valence electrons. The van der Waals surface area contributed by atoms with Gasteiger partial charge in [-0.05, 0) is 37.3 Å². The minimum Gasteiger partial charge on any atom is -0.495 e. The molecule has 3 rings (SSSR count). The molecule has 0 aliphatic rings. The smallest absolute Gasteiger partial charge is 0.321 e. The lowest BCUT2D eigenvalue weighted by molar-refractivity contribution is -0.117. The minimum absolute atomic E-state index is 0.0479. The van der Waals surface area contributed by atoms with E-state index in [1.165, 1.54) is 0 Å². The van der Waals surface area contributed by atoms with E-state index < -0.39 is 11.9 Å². The van der Waals surface area contributed by atoms with Gasteiger partial charge in [0.05, 0.1) is 18.6 Å². The number of thioether (sulfide) groups is 1. The second kappa shape index (κ2) is 10.5. The summed E-state index contributed by atoms with van der Waals surface area (Å²) < 4.78 is 7.23. The Kier molecular flexibility index (Phi) is 7.78. The molecule has 0 fully saturated rings. The number of ether oxygens (including phenoxy) is 1. The van der Waals surface area contributed by atoms with Gasteiger partial charge in [-0.2, -0.15) is 0 Å². The van der Waals surface area contributed by atoms with Gasteiger partial charge in [0.2, 0.25) is 5.91 Å². The number of amides is 3. The molecule has 0 atom stereocenters. The number of urea groups is 1. The standard InChI is InChI=1S/C20H19Cl2N5O3S/c1-3-23-19(29)24-17(28)11-31-20-26-25-18(12-5-4-6-13(21)9-12)27(20)15-10-14(22)7-8-16(15)30-2/h4-10H,3,11H2,1-2H3,(H2,23,24,28,29). The normalized spacial score (nSPS) is 10.6. The largest absolute Gasteiger partial charge is 0.495 e. The Bertz CT molecular complexity index is 1110. The van der Waals surface area contributed by atoms with Crippen LogP contribution < -0.4 is 15.4 Å². The van der Waals surface area contributed by atoms with Gasteiger partial charge < -0.3 is 10.1 Å². The molecule has 0 bridgehead atoms. The van der Waals surface area contributed by atoms with Gasteiger partial charge in [0.25, 0.3) is 0 Å². The van der Waals surface area contributed by atoms with Crippen LogP contribution in [0, 0.1) is 0 Å². The summed E-state index contributed by atoms with van der Waals surface area (Å²) in [5, 5.41) is 14.8. The van der Waals surface area contributed by atoms with Crippen LogP contribution in [0.4, 0.5) is 4.79 Å². The van der Waals surface area contributed by atoms with Crippen LogP contribution in [0.1, 0.15) is 6.92 Å². The highest BCUT2D eigenvalue weighted by Crippen LogP contribution is 2.34. The van der Waals surface area contributed by atoms with E-state index in [0.29, 0.717) is 39.0 Å². The lowest BCUT2D eigenvalue weighted by Gasteiger charge is -2.14. The molecule has 0 radical (unpaired) electrons. The number of benzene rings is 2. The Balaban J connectivity index is 2.00. The number of nitrogens with one attached hydrogen (secondary N) is 2. The molecule has 0 unspecified atom stereocenters. The number of rotatable bonds is 7. The molecule has 31 heavy (non-hydrogen) atoms. The number of nitrogens with zero attached hydrogens (tertiary/aromatic N) is 3. The number of aromatic nitrogens is 3. The van der Waals surface area contributed by atoms with Gasteiger partial charge in [0, 0.05) is 22.2 Å². The fraction of sp³-hybridized carbons (Fsp3) is 0.200. The zero-order chi connectivity index (χ0) is 22.4. The van der Waals surface area contributed by atoms with E-state index in [2.05, 4.69) is 20.8 Å². The summed E-state index contributed by atoms with van der Waals surface area (Å²) in [5.41, 5.74) is 1.32. The van der Waals surface area contributed by atoms with Crippen LogP contribution in [0.15, 0.2) is 47.6 Å². The Labute approximate surface area is 193 Å². The zero-order valence-electron chi connectivity index (χ0n) is 16.7. The summed E-state index contributed by atoms with van der Waals surface area (Å²) in [6.07, 6.45) is 0. The van der Waals surface area contributed by atoms with E-state index in [-0.39, 0.29) is 5.75 Å². The summed E-state index contributed by atoms with van der Waals surface area (Å²) in [6, 6.07) is 11.8. The molecule has 1 aromatic heterocycles. The molecule has 3 aromatic rings. The van der Waals surface area contributed by atoms with Gasteiger partial charge in [-0.15, -0.1) is 10.2 Å². The maximum atomic E-state index is 12.1. The van der Waals surface area contributed by atoms with Crippen LogP contribution in [0.2, 0.25) is 10.0 Å². The maximum absolute atomic E-state index is 12.1. The minimum atomic E-state index is -0.550. The number of hydrogen-bond acceptors (Lipinski definition) is 6. The zero-order valence-corrected chi connectivity index (χ0v) is 19.0. The van der Waals surface area contributed by atoms with E-state index in [4.69, 9.17) is 27.9 Å². The predicted octanol–water partition coefficient (Wildman–Crippen LogP) is 4.19. The van der Waals surface area contributed by atoms with Crippen molar-refractivity contribution in [3.8, 4) is 22.8 Å². The fourth-order valence-corrected chi connectivity index (χ4v) is 3.83. The Morgan fingerprint density at radius 3 is 2.61 bits per heavy atom. The van der Waals surface area contributed by atoms with Crippen LogP contribution in [0.3, 0.4) is 0 Å². The van der Waals surface area contributed by atoms with Gasteiger partial charge in [-0.3, -0.25) is 14.7 Å². The molecule has 0 aliphatic heterocycles. The Morgan fingerprint density at radius 2 is 1.90 bits per heavy atom. The van der Waals surface area contributed by atoms with Gasteiger partial charge in [0.1, 0.15) is 5.75 Å². The number of carbonyl (C=O) groups is 2. The SMILES string of the molecule is CCNC(=O)NC(=O)CSc1nnc(-c2cccc(Cl)c2)n1-c1cc(Cl)ccc1OC. The van der Waals surface area contributed by atoms with Crippen molar-refractivity contribution < 1.29 is 14.3 Å². The van der Waals surface area contributed by atoms with Crippen molar-refractivity contribution in [2.75, 3.05) is 19.4 Å². The second-order valence-corrected chi connectivity index (χ2v) is 7.98. The monoisotopic (exact) mass is 479 g/mol. The lowest BCUT2D eigenvalue weighted by atomic mass is 10.2. The number of imide groups is 1. The van der Waals surface area contributed by atoms with Crippen molar-refractivity contribution in [3.05, 3.63) is 52.5 Å². The third kappa shape index (κ3) is 5.69. The molecule has 0 saturated heterocycles. The van der Waals surface area contributed by atoms with E-state index in [9.17, 15) is 9.59 Å². The molecular weight excluding hydrogens is 461 g/mol. The predicted molar refractivity (Wildman–Crippen MR) is 121 cm³/mol. The van der Waals surface area contributed by atoms with Crippen LogP contribution >= 0.6 is 35.0 Å². The first-order valence-electron chi connectivity index (χ1n) is 9.18. The van der Waals surface area contributed by atoms with Crippen molar-refractivity contribution in [2.45, 2.75) is 12.1 Å². The number of carbonyl (C=O) groups excluding carboxylic acids is 2. The highest BCUT2D eigenvalue weighted by atomic mass is 35.5. The van der Waals surface area contributed by atoms with Gasteiger partial charge >= 0.3 is 6.03 Å². The molecule has 0 saturated carbocycles. The number of hydrogen-bond donors (Lipinski definition) is 2. The highest BCUT2D eigenvalue weighted by molar-refractivity contribution is 7.99. The molecule has 2 N–H and O–H groups in total. The average molecular weight is 480 g/mol. The van der Waals surface area contributed by atoms with Crippen molar-refractivity contribution in [2.24, 2.45) is 0 Å². The van der Waals surface area contributed by atoms with Crippen LogP contribution in [0.5, 0.6) is 5.75 Å². The van der Waals surface area contributed by atoms with Gasteiger partial charge in [0.15, 0.2) is 11.0 Å². The summed E-state index contributed by atoms with van der Waals surface area (Å²) in [5.74, 6) is 0.525. The molecule has 11 heteroatoms. The van der Waals surface area contributed by atoms with Crippen molar-refractivity contribution >= 4 is 46.9 Å². The molecule has 2 aromatic carbocycles. The molecule has 1 heterocycles. The maximum Gasteiger partial charge on any atom is 0.321 e.